The minimum absolute atomic E-state index is 0.248. The van der Waals surface area contributed by atoms with Gasteiger partial charge in [0.2, 0.25) is 0 Å². The first kappa shape index (κ1) is 17.9. The van der Waals surface area contributed by atoms with Gasteiger partial charge in [0.05, 0.1) is 30.1 Å². The summed E-state index contributed by atoms with van der Waals surface area (Å²) >= 11 is 1.29. The van der Waals surface area contributed by atoms with Crippen LogP contribution < -0.4 is 5.32 Å². The van der Waals surface area contributed by atoms with Gasteiger partial charge in [0.15, 0.2) is 0 Å². The van der Waals surface area contributed by atoms with Crippen molar-refractivity contribution in [2.45, 2.75) is 17.1 Å². The Labute approximate surface area is 155 Å². The number of aromatic nitrogens is 1. The molecule has 1 amide bonds. The summed E-state index contributed by atoms with van der Waals surface area (Å²) in [7, 11) is 1.35. The smallest absolute Gasteiger partial charge is 0.318 e. The topological polar surface area (TPSA) is 68.3 Å². The van der Waals surface area contributed by atoms with Gasteiger partial charge in [0, 0.05) is 10.3 Å². The predicted octanol–water partition coefficient (Wildman–Crippen LogP) is 4.14. The maximum Gasteiger partial charge on any atom is 0.318 e. The minimum atomic E-state index is -0.406. The molecule has 0 aliphatic carbocycles. The number of methoxy groups -OCH3 is 1. The standard InChI is InChI=1S/C20H18N2O3S/c1-13(20(24)25-2)26-18-10-6-4-8-16(18)19(23)22-15-11-14-7-3-5-9-17(14)21-12-15/h3-13H,1-2H3,(H,22,23). The van der Waals surface area contributed by atoms with Crippen LogP contribution in [-0.4, -0.2) is 29.2 Å². The second-order valence-electron chi connectivity index (χ2n) is 5.65. The lowest BCUT2D eigenvalue weighted by Gasteiger charge is -2.13. The number of carbonyl (C=O) groups is 2. The van der Waals surface area contributed by atoms with Gasteiger partial charge in [0.25, 0.3) is 5.91 Å². The number of rotatable bonds is 5. The third-order valence-electron chi connectivity index (χ3n) is 3.82. The van der Waals surface area contributed by atoms with Crippen LogP contribution in [0.2, 0.25) is 0 Å². The zero-order chi connectivity index (χ0) is 18.5. The third kappa shape index (κ3) is 4.03. The lowest BCUT2D eigenvalue weighted by atomic mass is 10.2. The van der Waals surface area contributed by atoms with Gasteiger partial charge in [-0.2, -0.15) is 0 Å². The Hall–Kier alpha value is -2.86. The second kappa shape index (κ2) is 8.01. The van der Waals surface area contributed by atoms with E-state index in [1.807, 2.05) is 42.5 Å². The van der Waals surface area contributed by atoms with Gasteiger partial charge in [-0.3, -0.25) is 14.6 Å². The summed E-state index contributed by atoms with van der Waals surface area (Å²) in [5.74, 6) is -0.578. The van der Waals surface area contributed by atoms with Crippen molar-refractivity contribution < 1.29 is 14.3 Å². The van der Waals surface area contributed by atoms with E-state index in [-0.39, 0.29) is 11.9 Å². The number of carbonyl (C=O) groups excluding carboxylic acids is 2. The quantitative estimate of drug-likeness (QED) is 0.543. The number of fused-ring (bicyclic) bond motifs is 1. The molecule has 1 heterocycles. The number of pyridine rings is 1. The van der Waals surface area contributed by atoms with Crippen molar-refractivity contribution in [1.82, 2.24) is 4.98 Å². The lowest BCUT2D eigenvalue weighted by molar-refractivity contribution is -0.139. The molecule has 132 valence electrons. The zero-order valence-electron chi connectivity index (χ0n) is 14.4. The Balaban J connectivity index is 1.82. The fraction of sp³-hybridized carbons (Fsp3) is 0.150. The van der Waals surface area contributed by atoms with E-state index in [1.54, 1.807) is 25.3 Å². The van der Waals surface area contributed by atoms with Gasteiger partial charge < -0.3 is 10.1 Å². The predicted molar refractivity (Wildman–Crippen MR) is 103 cm³/mol. The van der Waals surface area contributed by atoms with Gasteiger partial charge in [-0.1, -0.05) is 30.3 Å². The Morgan fingerprint density at radius 3 is 2.65 bits per heavy atom. The van der Waals surface area contributed by atoms with E-state index < -0.39 is 5.25 Å². The molecule has 0 saturated heterocycles. The summed E-state index contributed by atoms with van der Waals surface area (Å²) < 4.78 is 4.75. The molecule has 1 atom stereocenters. The van der Waals surface area contributed by atoms with Gasteiger partial charge in [-0.15, -0.1) is 11.8 Å². The summed E-state index contributed by atoms with van der Waals surface area (Å²) in [5.41, 5.74) is 1.99. The van der Waals surface area contributed by atoms with Crippen molar-refractivity contribution in [2.24, 2.45) is 0 Å². The van der Waals surface area contributed by atoms with Crippen LogP contribution in [0.25, 0.3) is 10.9 Å². The molecule has 0 aliphatic heterocycles. The molecular weight excluding hydrogens is 348 g/mol. The van der Waals surface area contributed by atoms with E-state index in [4.69, 9.17) is 4.74 Å². The van der Waals surface area contributed by atoms with E-state index in [0.29, 0.717) is 11.3 Å². The molecule has 2 aromatic carbocycles. The molecule has 1 N–H and O–H groups in total. The maximum absolute atomic E-state index is 12.7. The Kier molecular flexibility index (Phi) is 5.53. The largest absolute Gasteiger partial charge is 0.468 e. The molecule has 3 rings (SSSR count). The highest BCUT2D eigenvalue weighted by Crippen LogP contribution is 2.28. The first-order valence-electron chi connectivity index (χ1n) is 8.08. The van der Waals surface area contributed by atoms with Crippen LogP contribution in [0, 0.1) is 0 Å². The van der Waals surface area contributed by atoms with Gasteiger partial charge in [-0.05, 0) is 31.2 Å². The number of esters is 1. The van der Waals surface area contributed by atoms with Gasteiger partial charge >= 0.3 is 5.97 Å². The van der Waals surface area contributed by atoms with Gasteiger partial charge in [0.1, 0.15) is 5.25 Å². The summed E-state index contributed by atoms with van der Waals surface area (Å²) in [4.78, 5) is 29.5. The van der Waals surface area contributed by atoms with Crippen LogP contribution >= 0.6 is 11.8 Å². The van der Waals surface area contributed by atoms with Crippen LogP contribution in [0.4, 0.5) is 5.69 Å². The molecule has 0 fully saturated rings. The van der Waals surface area contributed by atoms with Crippen molar-refractivity contribution in [3.05, 3.63) is 66.4 Å². The fourth-order valence-corrected chi connectivity index (χ4v) is 3.52. The van der Waals surface area contributed by atoms with E-state index in [1.165, 1.54) is 18.9 Å². The van der Waals surface area contributed by atoms with E-state index >= 15 is 0 Å². The molecule has 0 saturated carbocycles. The minimum Gasteiger partial charge on any atom is -0.468 e. The molecule has 1 unspecified atom stereocenters. The molecule has 0 radical (unpaired) electrons. The third-order valence-corrected chi connectivity index (χ3v) is 4.97. The zero-order valence-corrected chi connectivity index (χ0v) is 15.2. The summed E-state index contributed by atoms with van der Waals surface area (Å²) in [6.07, 6.45) is 1.63. The summed E-state index contributed by atoms with van der Waals surface area (Å²) in [6, 6.07) is 16.8. The molecular formula is C20H18N2O3S. The maximum atomic E-state index is 12.7. The number of amides is 1. The first-order chi connectivity index (χ1) is 12.6. The lowest BCUT2D eigenvalue weighted by Crippen LogP contribution is -2.17. The van der Waals surface area contributed by atoms with Crippen LogP contribution in [-0.2, 0) is 9.53 Å². The highest BCUT2D eigenvalue weighted by molar-refractivity contribution is 8.00. The summed E-state index contributed by atoms with van der Waals surface area (Å²) in [6.45, 7) is 1.75. The monoisotopic (exact) mass is 366 g/mol. The van der Waals surface area contributed by atoms with Gasteiger partial charge in [-0.25, -0.2) is 0 Å². The van der Waals surface area contributed by atoms with E-state index in [0.717, 1.165) is 15.8 Å². The number of nitrogens with one attached hydrogen (secondary N) is 1. The number of thioether (sulfide) groups is 1. The summed E-state index contributed by atoms with van der Waals surface area (Å²) in [5, 5.41) is 3.42. The molecule has 26 heavy (non-hydrogen) atoms. The van der Waals surface area contributed by atoms with Crippen LogP contribution in [0.5, 0.6) is 0 Å². The molecule has 0 bridgehead atoms. The van der Waals surface area contributed by atoms with Crippen molar-refractivity contribution in [3.63, 3.8) is 0 Å². The van der Waals surface area contributed by atoms with Crippen molar-refractivity contribution >= 4 is 40.2 Å². The number of nitrogens with zero attached hydrogens (tertiary/aromatic N) is 1. The van der Waals surface area contributed by atoms with E-state index in [2.05, 4.69) is 10.3 Å². The Bertz CT molecular complexity index is 958. The van der Waals surface area contributed by atoms with Crippen molar-refractivity contribution in [2.75, 3.05) is 12.4 Å². The number of hydrogen-bond acceptors (Lipinski definition) is 5. The molecule has 3 aromatic rings. The molecule has 5 nitrogen and oxygen atoms in total. The second-order valence-corrected chi connectivity index (χ2v) is 7.03. The SMILES string of the molecule is COC(=O)C(C)Sc1ccccc1C(=O)Nc1cnc2ccccc2c1. The Morgan fingerprint density at radius 1 is 1.12 bits per heavy atom. The Morgan fingerprint density at radius 2 is 1.85 bits per heavy atom. The van der Waals surface area contributed by atoms with Crippen molar-refractivity contribution in [3.8, 4) is 0 Å². The number of para-hydroxylation sites is 1. The number of ether oxygens (including phenoxy) is 1. The van der Waals surface area contributed by atoms with E-state index in [9.17, 15) is 9.59 Å². The molecule has 0 aliphatic rings. The van der Waals surface area contributed by atoms with Crippen LogP contribution in [0.3, 0.4) is 0 Å². The number of benzene rings is 2. The molecule has 1 aromatic heterocycles. The number of anilines is 1. The molecule has 0 spiro atoms. The normalized spacial score (nSPS) is 11.8. The van der Waals surface area contributed by atoms with Crippen molar-refractivity contribution in [1.29, 1.82) is 0 Å². The average molecular weight is 366 g/mol. The fourth-order valence-electron chi connectivity index (χ4n) is 2.50. The van der Waals surface area contributed by atoms with Crippen LogP contribution in [0.15, 0.2) is 65.7 Å². The number of hydrogen-bond donors (Lipinski definition) is 1. The average Bonchev–Trinajstić information content (AvgIpc) is 2.67. The first-order valence-corrected chi connectivity index (χ1v) is 8.96. The molecule has 6 heteroatoms. The van der Waals surface area contributed by atoms with Crippen LogP contribution in [0.1, 0.15) is 17.3 Å². The highest BCUT2D eigenvalue weighted by Gasteiger charge is 2.19. The highest BCUT2D eigenvalue weighted by atomic mass is 32.2.